The van der Waals surface area contributed by atoms with Gasteiger partial charge in [-0.15, -0.1) is 11.3 Å². The van der Waals surface area contributed by atoms with Crippen LogP contribution in [0, 0.1) is 6.92 Å². The number of carbonyl (C=O) groups is 1. The van der Waals surface area contributed by atoms with Crippen molar-refractivity contribution in [3.05, 3.63) is 47.5 Å². The van der Waals surface area contributed by atoms with E-state index < -0.39 is 6.10 Å². The number of benzene rings is 2. The van der Waals surface area contributed by atoms with Gasteiger partial charge in [0.05, 0.1) is 15.2 Å². The van der Waals surface area contributed by atoms with Gasteiger partial charge in [0.25, 0.3) is 5.91 Å². The molecule has 0 saturated heterocycles. The van der Waals surface area contributed by atoms with Gasteiger partial charge in [-0.05, 0) is 37.3 Å². The normalized spacial score (nSPS) is 16.3. The van der Waals surface area contributed by atoms with Crippen molar-refractivity contribution >= 4 is 33.1 Å². The number of nitrogens with zero attached hydrogens (tertiary/aromatic N) is 1. The molecule has 1 N–H and O–H groups in total. The molecule has 0 spiro atoms. The molecule has 6 heteroatoms. The molecular formula is C17H14N2O3S. The van der Waals surface area contributed by atoms with E-state index in [-0.39, 0.29) is 12.5 Å². The molecule has 1 aliphatic rings. The van der Waals surface area contributed by atoms with E-state index in [2.05, 4.69) is 10.3 Å². The second-order valence-electron chi connectivity index (χ2n) is 5.27. The highest BCUT2D eigenvalue weighted by molar-refractivity contribution is 7.18. The molecule has 1 aromatic heterocycles. The van der Waals surface area contributed by atoms with E-state index in [1.54, 1.807) is 17.4 Å². The van der Waals surface area contributed by atoms with Gasteiger partial charge in [-0.25, -0.2) is 4.98 Å². The topological polar surface area (TPSA) is 60.5 Å². The summed E-state index contributed by atoms with van der Waals surface area (Å²) in [6.45, 7) is 2.16. The van der Waals surface area contributed by atoms with Gasteiger partial charge in [-0.3, -0.25) is 4.79 Å². The Morgan fingerprint density at radius 3 is 2.96 bits per heavy atom. The van der Waals surface area contributed by atoms with Crippen molar-refractivity contribution in [1.29, 1.82) is 0 Å². The van der Waals surface area contributed by atoms with Crippen LogP contribution < -0.4 is 14.8 Å². The number of amides is 1. The predicted molar refractivity (Wildman–Crippen MR) is 89.3 cm³/mol. The fourth-order valence-corrected chi connectivity index (χ4v) is 3.30. The molecule has 2 heterocycles. The molecule has 0 radical (unpaired) electrons. The van der Waals surface area contributed by atoms with Gasteiger partial charge in [-0.2, -0.15) is 0 Å². The van der Waals surface area contributed by atoms with Gasteiger partial charge < -0.3 is 14.8 Å². The van der Waals surface area contributed by atoms with Crippen molar-refractivity contribution in [3.8, 4) is 11.5 Å². The zero-order valence-corrected chi connectivity index (χ0v) is 13.2. The zero-order valence-electron chi connectivity index (χ0n) is 12.4. The van der Waals surface area contributed by atoms with Gasteiger partial charge >= 0.3 is 0 Å². The predicted octanol–water partition coefficient (Wildman–Crippen LogP) is 3.38. The van der Waals surface area contributed by atoms with Gasteiger partial charge in [-0.1, -0.05) is 12.1 Å². The van der Waals surface area contributed by atoms with E-state index in [1.807, 2.05) is 43.3 Å². The molecule has 0 fully saturated rings. The highest BCUT2D eigenvalue weighted by atomic mass is 32.1. The van der Waals surface area contributed by atoms with Crippen molar-refractivity contribution in [2.45, 2.75) is 13.0 Å². The molecule has 0 saturated carbocycles. The zero-order chi connectivity index (χ0) is 15.8. The Bertz CT molecular complexity index is 890. The highest BCUT2D eigenvalue weighted by Gasteiger charge is 2.27. The number of rotatable bonds is 2. The average molecular weight is 326 g/mol. The van der Waals surface area contributed by atoms with E-state index in [1.165, 1.54) is 0 Å². The average Bonchev–Trinajstić information content (AvgIpc) is 2.93. The van der Waals surface area contributed by atoms with Crippen LogP contribution in [0.4, 0.5) is 5.69 Å². The number of aryl methyl sites for hydroxylation is 1. The van der Waals surface area contributed by atoms with Crippen molar-refractivity contribution in [2.75, 3.05) is 11.9 Å². The molecule has 0 bridgehead atoms. The molecule has 116 valence electrons. The molecule has 0 aliphatic carbocycles. The summed E-state index contributed by atoms with van der Waals surface area (Å²) in [5, 5.41) is 3.87. The minimum Gasteiger partial charge on any atom is -0.485 e. The van der Waals surface area contributed by atoms with Crippen molar-refractivity contribution in [1.82, 2.24) is 4.98 Å². The first-order chi connectivity index (χ1) is 11.2. The Hall–Kier alpha value is -2.60. The van der Waals surface area contributed by atoms with E-state index in [9.17, 15) is 4.79 Å². The van der Waals surface area contributed by atoms with Crippen LogP contribution in [-0.4, -0.2) is 23.6 Å². The van der Waals surface area contributed by atoms with Crippen molar-refractivity contribution in [3.63, 3.8) is 0 Å². The number of fused-ring (bicyclic) bond motifs is 2. The Labute approximate surface area is 136 Å². The number of anilines is 1. The smallest absolute Gasteiger partial charge is 0.269 e. The highest BCUT2D eigenvalue weighted by Crippen LogP contribution is 2.31. The molecule has 1 atom stereocenters. The van der Waals surface area contributed by atoms with Crippen LogP contribution in [0.3, 0.4) is 0 Å². The maximum absolute atomic E-state index is 12.4. The number of hydrogen-bond donors (Lipinski definition) is 1. The summed E-state index contributed by atoms with van der Waals surface area (Å²) >= 11 is 1.63. The van der Waals surface area contributed by atoms with Gasteiger partial charge in [0, 0.05) is 5.69 Å². The Morgan fingerprint density at radius 1 is 1.26 bits per heavy atom. The second kappa shape index (κ2) is 5.55. The Morgan fingerprint density at radius 2 is 2.09 bits per heavy atom. The van der Waals surface area contributed by atoms with Crippen LogP contribution in [0.1, 0.15) is 5.01 Å². The molecule has 0 unspecified atom stereocenters. The number of carbonyl (C=O) groups excluding carboxylic acids is 1. The summed E-state index contributed by atoms with van der Waals surface area (Å²) in [5.74, 6) is 1.02. The molecule has 1 aliphatic heterocycles. The maximum Gasteiger partial charge on any atom is 0.269 e. The quantitative estimate of drug-likeness (QED) is 0.784. The molecule has 3 aromatic rings. The SMILES string of the molecule is Cc1nc2cc(NC(=O)[C@@H]3COc4ccccc4O3)ccc2s1. The lowest BCUT2D eigenvalue weighted by Gasteiger charge is -2.25. The van der Waals surface area contributed by atoms with Crippen LogP contribution in [-0.2, 0) is 4.79 Å². The molecule has 2 aromatic carbocycles. The summed E-state index contributed by atoms with van der Waals surface area (Å²) in [4.78, 5) is 16.8. The fraction of sp³-hybridized carbons (Fsp3) is 0.176. The summed E-state index contributed by atoms with van der Waals surface area (Å²) in [6, 6.07) is 13.0. The van der Waals surface area contributed by atoms with Crippen LogP contribution in [0.2, 0.25) is 0 Å². The van der Waals surface area contributed by atoms with Crippen molar-refractivity contribution < 1.29 is 14.3 Å². The third-order valence-electron chi connectivity index (χ3n) is 3.56. The van der Waals surface area contributed by atoms with Gasteiger partial charge in [0.1, 0.15) is 6.61 Å². The van der Waals surface area contributed by atoms with Crippen LogP contribution in [0.5, 0.6) is 11.5 Å². The van der Waals surface area contributed by atoms with Gasteiger partial charge in [0.2, 0.25) is 6.10 Å². The Balaban J connectivity index is 1.51. The monoisotopic (exact) mass is 326 g/mol. The largest absolute Gasteiger partial charge is 0.485 e. The van der Waals surface area contributed by atoms with E-state index in [4.69, 9.17) is 9.47 Å². The first kappa shape index (κ1) is 14.0. The van der Waals surface area contributed by atoms with Crippen LogP contribution in [0.15, 0.2) is 42.5 Å². The Kier molecular flexibility index (Phi) is 3.38. The molecule has 5 nitrogen and oxygen atoms in total. The van der Waals surface area contributed by atoms with Gasteiger partial charge in [0.15, 0.2) is 11.5 Å². The summed E-state index contributed by atoms with van der Waals surface area (Å²) in [7, 11) is 0. The minimum atomic E-state index is -0.669. The van der Waals surface area contributed by atoms with Crippen LogP contribution in [0.25, 0.3) is 10.2 Å². The number of aromatic nitrogens is 1. The second-order valence-corrected chi connectivity index (χ2v) is 6.50. The third kappa shape index (κ3) is 2.73. The number of ether oxygens (including phenoxy) is 2. The lowest BCUT2D eigenvalue weighted by Crippen LogP contribution is -2.40. The molecule has 1 amide bonds. The summed E-state index contributed by atoms with van der Waals surface area (Å²) < 4.78 is 12.4. The molecular weight excluding hydrogens is 312 g/mol. The van der Waals surface area contributed by atoms with E-state index in [0.29, 0.717) is 17.2 Å². The number of hydrogen-bond acceptors (Lipinski definition) is 5. The lowest BCUT2D eigenvalue weighted by molar-refractivity contribution is -0.125. The fourth-order valence-electron chi connectivity index (χ4n) is 2.49. The first-order valence-corrected chi connectivity index (χ1v) is 8.07. The lowest BCUT2D eigenvalue weighted by atomic mass is 10.2. The number of para-hydroxylation sites is 2. The summed E-state index contributed by atoms with van der Waals surface area (Å²) in [6.07, 6.45) is -0.669. The minimum absolute atomic E-state index is 0.195. The molecule has 4 rings (SSSR count). The number of thiazole rings is 1. The van der Waals surface area contributed by atoms with E-state index in [0.717, 1.165) is 15.2 Å². The number of nitrogens with one attached hydrogen (secondary N) is 1. The maximum atomic E-state index is 12.4. The first-order valence-electron chi connectivity index (χ1n) is 7.25. The summed E-state index contributed by atoms with van der Waals surface area (Å²) in [5.41, 5.74) is 1.59. The van der Waals surface area contributed by atoms with E-state index >= 15 is 0 Å². The van der Waals surface area contributed by atoms with Crippen LogP contribution >= 0.6 is 11.3 Å². The standard InChI is InChI=1S/C17H14N2O3S/c1-10-18-12-8-11(6-7-16(12)23-10)19-17(20)15-9-21-13-4-2-3-5-14(13)22-15/h2-8,15H,9H2,1H3,(H,19,20)/t15-/m0/s1. The molecule has 23 heavy (non-hydrogen) atoms. The van der Waals surface area contributed by atoms with Crippen molar-refractivity contribution in [2.24, 2.45) is 0 Å². The third-order valence-corrected chi connectivity index (χ3v) is 4.51.